The van der Waals surface area contributed by atoms with E-state index < -0.39 is 0 Å². The first-order valence-corrected chi connectivity index (χ1v) is 7.63. The summed E-state index contributed by atoms with van der Waals surface area (Å²) in [6.45, 7) is 4.59. The van der Waals surface area contributed by atoms with Crippen LogP contribution in [-0.4, -0.2) is 12.9 Å². The molecule has 0 aliphatic carbocycles. The van der Waals surface area contributed by atoms with Crippen LogP contribution in [0.2, 0.25) is 0 Å². The van der Waals surface area contributed by atoms with Crippen molar-refractivity contribution >= 4 is 17.2 Å². The van der Waals surface area contributed by atoms with E-state index in [1.54, 1.807) is 0 Å². The van der Waals surface area contributed by atoms with Crippen LogP contribution in [0.25, 0.3) is 0 Å². The first-order chi connectivity index (χ1) is 10.2. The Morgan fingerprint density at radius 3 is 2.33 bits per heavy atom. The second-order valence-corrected chi connectivity index (χ2v) is 5.96. The van der Waals surface area contributed by atoms with Crippen LogP contribution in [0.3, 0.4) is 0 Å². The number of anilines is 1. The number of hydrogen-bond acceptors (Lipinski definition) is 1. The molecule has 3 rings (SSSR count). The summed E-state index contributed by atoms with van der Waals surface area (Å²) >= 11 is 0. The van der Waals surface area contributed by atoms with Crippen molar-refractivity contribution in [3.05, 3.63) is 60.2 Å². The fourth-order valence-electron chi connectivity index (χ4n) is 3.25. The minimum absolute atomic E-state index is 0.442. The van der Waals surface area contributed by atoms with Gasteiger partial charge in [0.1, 0.15) is 5.84 Å². The van der Waals surface area contributed by atoms with Crippen LogP contribution in [0.5, 0.6) is 0 Å². The third-order valence-electron chi connectivity index (χ3n) is 4.32. The van der Waals surface area contributed by atoms with Crippen LogP contribution >= 0.6 is 0 Å². The molecule has 2 nitrogen and oxygen atoms in total. The van der Waals surface area contributed by atoms with E-state index in [1.807, 2.05) is 18.2 Å². The van der Waals surface area contributed by atoms with Crippen LogP contribution in [0.4, 0.5) is 11.4 Å². The van der Waals surface area contributed by atoms with Crippen LogP contribution in [-0.2, 0) is 0 Å². The van der Waals surface area contributed by atoms with Crippen molar-refractivity contribution in [1.82, 2.24) is 0 Å². The van der Waals surface area contributed by atoms with E-state index in [-0.39, 0.29) is 0 Å². The second kappa shape index (κ2) is 5.72. The Hall–Kier alpha value is -2.09. The molecule has 2 atom stereocenters. The van der Waals surface area contributed by atoms with Gasteiger partial charge >= 0.3 is 0 Å². The normalized spacial score (nSPS) is 23.8. The van der Waals surface area contributed by atoms with E-state index in [0.717, 1.165) is 17.9 Å². The fraction of sp³-hybridized carbons (Fsp3) is 0.316. The highest BCUT2D eigenvalue weighted by Gasteiger charge is 2.27. The van der Waals surface area contributed by atoms with Gasteiger partial charge in [0, 0.05) is 18.7 Å². The van der Waals surface area contributed by atoms with Gasteiger partial charge in [-0.05, 0) is 36.1 Å². The molecule has 1 heterocycles. The van der Waals surface area contributed by atoms with Crippen LogP contribution < -0.4 is 4.90 Å². The first kappa shape index (κ1) is 13.9. The lowest BCUT2D eigenvalue weighted by atomic mass is 9.92. The number of fused-ring (bicyclic) bond motifs is 1. The summed E-state index contributed by atoms with van der Waals surface area (Å²) in [5.41, 5.74) is 3.73. The van der Waals surface area contributed by atoms with Gasteiger partial charge < -0.3 is 4.90 Å². The van der Waals surface area contributed by atoms with Gasteiger partial charge in [-0.2, -0.15) is 0 Å². The Morgan fingerprint density at radius 2 is 1.57 bits per heavy atom. The summed E-state index contributed by atoms with van der Waals surface area (Å²) in [5, 5.41) is 0. The van der Waals surface area contributed by atoms with Gasteiger partial charge in [-0.25, -0.2) is 4.99 Å². The van der Waals surface area contributed by atoms with Gasteiger partial charge in [0.05, 0.1) is 5.69 Å². The maximum absolute atomic E-state index is 4.92. The molecule has 1 aliphatic heterocycles. The number of hydrogen-bond donors (Lipinski definition) is 0. The largest absolute Gasteiger partial charge is 0.332 e. The third-order valence-corrected chi connectivity index (χ3v) is 4.32. The molecule has 0 aromatic heterocycles. The summed E-state index contributed by atoms with van der Waals surface area (Å²) in [4.78, 5) is 7.18. The second-order valence-electron chi connectivity index (χ2n) is 5.96. The van der Waals surface area contributed by atoms with Gasteiger partial charge in [-0.15, -0.1) is 0 Å². The zero-order valence-corrected chi connectivity index (χ0v) is 13.0. The van der Waals surface area contributed by atoms with Gasteiger partial charge in [-0.1, -0.05) is 50.2 Å². The maximum Gasteiger partial charge on any atom is 0.112 e. The van der Waals surface area contributed by atoms with Crippen molar-refractivity contribution in [1.29, 1.82) is 0 Å². The molecule has 0 fully saturated rings. The Kier molecular flexibility index (Phi) is 3.78. The smallest absolute Gasteiger partial charge is 0.112 e. The lowest BCUT2D eigenvalue weighted by Gasteiger charge is -2.24. The topological polar surface area (TPSA) is 15.6 Å². The number of benzene rings is 2. The van der Waals surface area contributed by atoms with Gasteiger partial charge in [-0.3, -0.25) is 0 Å². The molecule has 0 saturated heterocycles. The quantitative estimate of drug-likeness (QED) is 0.717. The van der Waals surface area contributed by atoms with Crippen molar-refractivity contribution < 1.29 is 0 Å². The highest BCUT2D eigenvalue weighted by Crippen LogP contribution is 2.36. The van der Waals surface area contributed by atoms with E-state index in [1.165, 1.54) is 11.3 Å². The Morgan fingerprint density at radius 1 is 0.905 bits per heavy atom. The molecule has 108 valence electrons. The highest BCUT2D eigenvalue weighted by atomic mass is 15.2. The SMILES string of the molecule is C[C@@H]1C[C@@H](C)c2ccccc2N(C)C1=Nc1ccccc1. The number of para-hydroxylation sites is 2. The number of aliphatic imine (C=N–C) groups is 1. The van der Waals surface area contributed by atoms with E-state index in [9.17, 15) is 0 Å². The third kappa shape index (κ3) is 2.71. The van der Waals surface area contributed by atoms with Crippen molar-refractivity contribution in [2.45, 2.75) is 26.2 Å². The first-order valence-electron chi connectivity index (χ1n) is 7.63. The molecule has 0 N–H and O–H groups in total. The minimum Gasteiger partial charge on any atom is -0.332 e. The highest BCUT2D eigenvalue weighted by molar-refractivity contribution is 6.01. The maximum atomic E-state index is 4.92. The molecule has 0 saturated carbocycles. The Labute approximate surface area is 127 Å². The summed E-state index contributed by atoms with van der Waals surface area (Å²) in [5.74, 6) is 2.15. The lowest BCUT2D eigenvalue weighted by molar-refractivity contribution is 0.598. The van der Waals surface area contributed by atoms with Crippen molar-refractivity contribution in [3.8, 4) is 0 Å². The summed E-state index contributed by atoms with van der Waals surface area (Å²) < 4.78 is 0. The molecule has 2 aromatic carbocycles. The summed E-state index contributed by atoms with van der Waals surface area (Å²) in [7, 11) is 2.13. The van der Waals surface area contributed by atoms with Gasteiger partial charge in [0.25, 0.3) is 0 Å². The lowest BCUT2D eigenvalue weighted by Crippen LogP contribution is -2.30. The molecule has 1 aliphatic rings. The monoisotopic (exact) mass is 278 g/mol. The minimum atomic E-state index is 0.442. The fourth-order valence-corrected chi connectivity index (χ4v) is 3.25. The van der Waals surface area contributed by atoms with Crippen molar-refractivity contribution in [2.75, 3.05) is 11.9 Å². The van der Waals surface area contributed by atoms with Crippen molar-refractivity contribution in [2.24, 2.45) is 10.9 Å². The van der Waals surface area contributed by atoms with Gasteiger partial charge in [0.15, 0.2) is 0 Å². The molecular weight excluding hydrogens is 256 g/mol. The van der Waals surface area contributed by atoms with Crippen LogP contribution in [0.1, 0.15) is 31.7 Å². The van der Waals surface area contributed by atoms with E-state index in [2.05, 4.69) is 62.2 Å². The predicted molar refractivity (Wildman–Crippen MR) is 90.6 cm³/mol. The van der Waals surface area contributed by atoms with E-state index >= 15 is 0 Å². The predicted octanol–water partition coefficient (Wildman–Crippen LogP) is 5.00. The van der Waals surface area contributed by atoms with Gasteiger partial charge in [0.2, 0.25) is 0 Å². The number of rotatable bonds is 1. The zero-order chi connectivity index (χ0) is 14.8. The molecule has 0 bridgehead atoms. The molecule has 0 unspecified atom stereocenters. The molecule has 0 amide bonds. The van der Waals surface area contributed by atoms with E-state index in [4.69, 9.17) is 4.99 Å². The van der Waals surface area contributed by atoms with Crippen LogP contribution in [0, 0.1) is 5.92 Å². The molecule has 2 heteroatoms. The molecular formula is C19H22N2. The van der Waals surface area contributed by atoms with Crippen LogP contribution in [0.15, 0.2) is 59.6 Å². The number of amidine groups is 1. The Bertz CT molecular complexity index is 646. The average molecular weight is 278 g/mol. The summed E-state index contributed by atoms with van der Waals surface area (Å²) in [6.07, 6.45) is 1.13. The molecule has 2 aromatic rings. The number of nitrogens with zero attached hydrogens (tertiary/aromatic N) is 2. The zero-order valence-electron chi connectivity index (χ0n) is 13.0. The summed E-state index contributed by atoms with van der Waals surface area (Å²) in [6, 6.07) is 18.9. The average Bonchev–Trinajstić information content (AvgIpc) is 2.60. The molecule has 0 radical (unpaired) electrons. The molecule has 0 spiro atoms. The van der Waals surface area contributed by atoms with E-state index in [0.29, 0.717) is 11.8 Å². The van der Waals surface area contributed by atoms with Crippen molar-refractivity contribution in [3.63, 3.8) is 0 Å². The standard InChI is InChI=1S/C19H22N2/c1-14-13-15(2)19(20-16-9-5-4-6-10-16)21(3)18-12-8-7-11-17(14)18/h4-12,14-15H,13H2,1-3H3/t14-,15-/m1/s1. The Balaban J connectivity index is 2.07. The molecule has 21 heavy (non-hydrogen) atoms.